The van der Waals surface area contributed by atoms with Crippen molar-refractivity contribution in [3.8, 4) is 5.75 Å². The normalized spacial score (nSPS) is 11.8. The van der Waals surface area contributed by atoms with Crippen molar-refractivity contribution in [1.82, 2.24) is 14.9 Å². The second kappa shape index (κ2) is 9.64. The number of aromatic nitrogens is 2. The molecule has 0 aliphatic heterocycles. The minimum absolute atomic E-state index is 0.0625. The van der Waals surface area contributed by atoms with Gasteiger partial charge in [-0.2, -0.15) is 0 Å². The number of carboxylic acids is 1. The number of carbonyl (C=O) groups excluding carboxylic acids is 2. The summed E-state index contributed by atoms with van der Waals surface area (Å²) >= 11 is 0. The van der Waals surface area contributed by atoms with Crippen LogP contribution in [-0.4, -0.2) is 45.5 Å². The standard InChI is InChI=1S/C24H25N3O6/c1-13(2)11-17(28)16(9-10-20(30)31)26-24(32)22-23-21(14-7-5-6-8-15(14)25-22)18(33-4)12-19(29)27(23)3/h5-8,11-12,16H,9-10H2,1-4H3,(H,26,32)(H,30,31). The number of ketones is 1. The van der Waals surface area contributed by atoms with E-state index in [0.717, 1.165) is 5.57 Å². The summed E-state index contributed by atoms with van der Waals surface area (Å²) in [4.78, 5) is 54.1. The van der Waals surface area contributed by atoms with Gasteiger partial charge in [-0.1, -0.05) is 23.8 Å². The van der Waals surface area contributed by atoms with Crippen LogP contribution < -0.4 is 15.6 Å². The van der Waals surface area contributed by atoms with Crippen molar-refractivity contribution in [3.05, 3.63) is 58.0 Å². The van der Waals surface area contributed by atoms with Gasteiger partial charge < -0.3 is 19.7 Å². The first-order valence-corrected chi connectivity index (χ1v) is 10.3. The molecule has 1 amide bonds. The quantitative estimate of drug-likeness (QED) is 0.398. The Bertz CT molecular complexity index is 1350. The van der Waals surface area contributed by atoms with Gasteiger partial charge in [0.1, 0.15) is 5.75 Å². The van der Waals surface area contributed by atoms with E-state index in [1.54, 1.807) is 26.0 Å². The summed E-state index contributed by atoms with van der Waals surface area (Å²) in [5.74, 6) is -1.90. The lowest BCUT2D eigenvalue weighted by Gasteiger charge is -2.18. The minimum Gasteiger partial charge on any atom is -0.496 e. The fourth-order valence-corrected chi connectivity index (χ4v) is 3.65. The molecule has 2 heterocycles. The number of nitrogens with one attached hydrogen (secondary N) is 1. The van der Waals surface area contributed by atoms with E-state index in [-0.39, 0.29) is 24.1 Å². The number of fused-ring (bicyclic) bond motifs is 3. The molecule has 0 bridgehead atoms. The third-order valence-corrected chi connectivity index (χ3v) is 5.20. The number of benzene rings is 1. The van der Waals surface area contributed by atoms with E-state index in [9.17, 15) is 19.2 Å². The van der Waals surface area contributed by atoms with E-state index in [1.165, 1.54) is 30.9 Å². The van der Waals surface area contributed by atoms with Crippen LogP contribution in [0.25, 0.3) is 21.8 Å². The van der Waals surface area contributed by atoms with Gasteiger partial charge >= 0.3 is 5.97 Å². The number of para-hydroxylation sites is 1. The van der Waals surface area contributed by atoms with Crippen LogP contribution in [-0.2, 0) is 16.6 Å². The lowest BCUT2D eigenvalue weighted by molar-refractivity contribution is -0.137. The average molecular weight is 451 g/mol. The number of pyridine rings is 2. The molecule has 0 aliphatic carbocycles. The highest BCUT2D eigenvalue weighted by Crippen LogP contribution is 2.32. The van der Waals surface area contributed by atoms with Gasteiger partial charge in [0.25, 0.3) is 11.5 Å². The maximum absolute atomic E-state index is 13.4. The highest BCUT2D eigenvalue weighted by atomic mass is 16.5. The van der Waals surface area contributed by atoms with Gasteiger partial charge in [-0.05, 0) is 32.4 Å². The van der Waals surface area contributed by atoms with Gasteiger partial charge in [0.2, 0.25) is 0 Å². The zero-order chi connectivity index (χ0) is 24.3. The van der Waals surface area contributed by atoms with Crippen LogP contribution in [0.1, 0.15) is 37.2 Å². The molecule has 33 heavy (non-hydrogen) atoms. The molecule has 2 N–H and O–H groups in total. The van der Waals surface area contributed by atoms with Crippen LogP contribution in [0.5, 0.6) is 5.75 Å². The predicted octanol–water partition coefficient (Wildman–Crippen LogP) is 2.59. The molecule has 172 valence electrons. The van der Waals surface area contributed by atoms with Crippen LogP contribution >= 0.6 is 0 Å². The summed E-state index contributed by atoms with van der Waals surface area (Å²) < 4.78 is 6.74. The maximum atomic E-state index is 13.4. The van der Waals surface area contributed by atoms with Crippen LogP contribution in [0.4, 0.5) is 0 Å². The van der Waals surface area contributed by atoms with Crippen molar-refractivity contribution in [2.75, 3.05) is 7.11 Å². The smallest absolute Gasteiger partial charge is 0.303 e. The Kier molecular flexibility index (Phi) is 6.91. The first kappa shape index (κ1) is 23.6. The van der Waals surface area contributed by atoms with Gasteiger partial charge in [0, 0.05) is 24.9 Å². The highest BCUT2D eigenvalue weighted by molar-refractivity contribution is 6.15. The Morgan fingerprint density at radius 2 is 1.94 bits per heavy atom. The molecular formula is C24H25N3O6. The molecule has 1 unspecified atom stereocenters. The highest BCUT2D eigenvalue weighted by Gasteiger charge is 2.25. The molecule has 3 aromatic rings. The lowest BCUT2D eigenvalue weighted by atomic mass is 10.0. The first-order valence-electron chi connectivity index (χ1n) is 10.3. The molecule has 1 atom stereocenters. The Morgan fingerprint density at radius 1 is 1.24 bits per heavy atom. The number of nitrogens with zero attached hydrogens (tertiary/aromatic N) is 2. The van der Waals surface area contributed by atoms with Crippen molar-refractivity contribution in [2.45, 2.75) is 32.7 Å². The monoisotopic (exact) mass is 451 g/mol. The zero-order valence-corrected chi connectivity index (χ0v) is 18.8. The molecular weight excluding hydrogens is 426 g/mol. The summed E-state index contributed by atoms with van der Waals surface area (Å²) in [6.45, 7) is 3.46. The Morgan fingerprint density at radius 3 is 2.58 bits per heavy atom. The van der Waals surface area contributed by atoms with E-state index in [2.05, 4.69) is 10.3 Å². The SMILES string of the molecule is COc1cc(=O)n(C)c2c(C(=O)NC(CCC(=O)O)C(=O)C=C(C)C)nc3ccccc3c12. The van der Waals surface area contributed by atoms with E-state index in [0.29, 0.717) is 22.0 Å². The van der Waals surface area contributed by atoms with E-state index >= 15 is 0 Å². The lowest BCUT2D eigenvalue weighted by Crippen LogP contribution is -2.41. The number of carbonyl (C=O) groups is 3. The van der Waals surface area contributed by atoms with Gasteiger partial charge in [-0.3, -0.25) is 19.2 Å². The molecule has 0 saturated heterocycles. The fraction of sp³-hybridized carbons (Fsp3) is 0.292. The largest absolute Gasteiger partial charge is 0.496 e. The number of amides is 1. The van der Waals surface area contributed by atoms with Crippen molar-refractivity contribution < 1.29 is 24.2 Å². The van der Waals surface area contributed by atoms with Crippen LogP contribution in [0, 0.1) is 0 Å². The van der Waals surface area contributed by atoms with Crippen LogP contribution in [0.3, 0.4) is 0 Å². The second-order valence-corrected chi connectivity index (χ2v) is 7.89. The molecule has 0 spiro atoms. The Hall–Kier alpha value is -4.01. The summed E-state index contributed by atoms with van der Waals surface area (Å²) in [6.07, 6.45) is 0.973. The van der Waals surface area contributed by atoms with Gasteiger partial charge in [-0.15, -0.1) is 0 Å². The van der Waals surface area contributed by atoms with Gasteiger partial charge in [-0.25, -0.2) is 4.98 Å². The summed E-state index contributed by atoms with van der Waals surface area (Å²) in [5.41, 5.74) is 1.02. The maximum Gasteiger partial charge on any atom is 0.303 e. The minimum atomic E-state index is -1.08. The topological polar surface area (TPSA) is 128 Å². The van der Waals surface area contributed by atoms with E-state index in [1.807, 2.05) is 12.1 Å². The molecule has 0 aliphatic rings. The summed E-state index contributed by atoms with van der Waals surface area (Å²) in [7, 11) is 2.96. The first-order chi connectivity index (χ1) is 15.6. The molecule has 9 heteroatoms. The van der Waals surface area contributed by atoms with E-state index in [4.69, 9.17) is 9.84 Å². The van der Waals surface area contributed by atoms with Gasteiger partial charge in [0.15, 0.2) is 11.5 Å². The van der Waals surface area contributed by atoms with Crippen molar-refractivity contribution in [1.29, 1.82) is 0 Å². The van der Waals surface area contributed by atoms with Crippen molar-refractivity contribution in [3.63, 3.8) is 0 Å². The number of aryl methyl sites for hydroxylation is 1. The number of hydrogen-bond donors (Lipinski definition) is 2. The average Bonchev–Trinajstić information content (AvgIpc) is 2.77. The third kappa shape index (κ3) is 4.92. The molecule has 3 rings (SSSR count). The van der Waals surface area contributed by atoms with Crippen LogP contribution in [0.2, 0.25) is 0 Å². The second-order valence-electron chi connectivity index (χ2n) is 7.89. The van der Waals surface area contributed by atoms with E-state index < -0.39 is 29.3 Å². The Labute approximate surface area is 189 Å². The fourth-order valence-electron chi connectivity index (χ4n) is 3.65. The summed E-state index contributed by atoms with van der Waals surface area (Å²) in [5, 5.41) is 12.9. The van der Waals surface area contributed by atoms with Crippen molar-refractivity contribution >= 4 is 39.5 Å². The Balaban J connectivity index is 2.20. The summed E-state index contributed by atoms with van der Waals surface area (Å²) in [6, 6.07) is 7.40. The zero-order valence-electron chi connectivity index (χ0n) is 18.8. The molecule has 0 saturated carbocycles. The number of ether oxygens (including phenoxy) is 1. The number of carboxylic acid groups (broad SMARTS) is 1. The number of aliphatic carboxylic acids is 1. The third-order valence-electron chi connectivity index (χ3n) is 5.20. The number of allylic oxidation sites excluding steroid dienone is 1. The molecule has 1 aromatic carbocycles. The molecule has 0 fully saturated rings. The van der Waals surface area contributed by atoms with Crippen LogP contribution in [0.15, 0.2) is 46.8 Å². The predicted molar refractivity (Wildman–Crippen MR) is 124 cm³/mol. The number of methoxy groups -OCH3 is 1. The van der Waals surface area contributed by atoms with Crippen molar-refractivity contribution in [2.24, 2.45) is 7.05 Å². The number of rotatable bonds is 8. The molecule has 9 nitrogen and oxygen atoms in total. The molecule has 0 radical (unpaired) electrons. The van der Waals surface area contributed by atoms with Gasteiger partial charge in [0.05, 0.1) is 29.6 Å². The number of hydrogen-bond acceptors (Lipinski definition) is 6. The molecule has 2 aromatic heterocycles.